The van der Waals surface area contributed by atoms with Gasteiger partial charge in [0.25, 0.3) is 0 Å². The molecule has 2 aromatic rings. The topological polar surface area (TPSA) is 43.1 Å². The van der Waals surface area contributed by atoms with Crippen molar-refractivity contribution in [2.75, 3.05) is 0 Å². The maximum absolute atomic E-state index is 10.4. The maximum Gasteiger partial charge on any atom is 0.337 e. The summed E-state index contributed by atoms with van der Waals surface area (Å²) in [4.78, 5) is 9.84. The lowest BCUT2D eigenvalue weighted by Crippen LogP contribution is -1.90. The van der Waals surface area contributed by atoms with E-state index in [1.807, 2.05) is 36.4 Å². The fourth-order valence-electron chi connectivity index (χ4n) is 1.56. The molecule has 80 valence electrons. The number of benzene rings is 2. The molecule has 0 amide bonds. The molecule has 0 saturated carbocycles. The van der Waals surface area contributed by atoms with Gasteiger partial charge in [-0.15, -0.1) is 0 Å². The summed E-state index contributed by atoms with van der Waals surface area (Å²) in [6.07, 6.45) is 1.36. The Kier molecular flexibility index (Phi) is 2.88. The van der Waals surface area contributed by atoms with Crippen LogP contribution in [0.15, 0.2) is 47.6 Å². The van der Waals surface area contributed by atoms with Crippen molar-refractivity contribution < 1.29 is 4.92 Å². The third-order valence-electron chi connectivity index (χ3n) is 2.27. The third kappa shape index (κ3) is 2.04. The number of hydrogen-bond acceptors (Lipinski definition) is 2. The van der Waals surface area contributed by atoms with E-state index in [0.717, 1.165) is 16.3 Å². The Labute approximate surface area is 97.1 Å². The van der Waals surface area contributed by atoms with Crippen molar-refractivity contribution in [2.45, 2.75) is 0 Å². The predicted octanol–water partition coefficient (Wildman–Crippen LogP) is 3.65. The van der Waals surface area contributed by atoms with E-state index in [-0.39, 0.29) is 5.16 Å². The first-order valence-electron chi connectivity index (χ1n) is 4.68. The van der Waals surface area contributed by atoms with Crippen LogP contribution in [0.25, 0.3) is 16.8 Å². The number of hydrogen-bond donors (Lipinski definition) is 0. The van der Waals surface area contributed by atoms with Crippen LogP contribution in [0.4, 0.5) is 0 Å². The highest BCUT2D eigenvalue weighted by Crippen LogP contribution is 2.21. The van der Waals surface area contributed by atoms with Gasteiger partial charge in [-0.3, -0.25) is 10.1 Å². The summed E-state index contributed by atoms with van der Waals surface area (Å²) in [6, 6.07) is 13.3. The van der Waals surface area contributed by atoms with Gasteiger partial charge in [0.15, 0.2) is 0 Å². The average Bonchev–Trinajstić information content (AvgIpc) is 2.29. The van der Waals surface area contributed by atoms with Gasteiger partial charge in [0.1, 0.15) is 0 Å². The normalized spacial score (nSPS) is 11.7. The van der Waals surface area contributed by atoms with Crippen molar-refractivity contribution in [3.05, 3.63) is 63.3 Å². The first kappa shape index (κ1) is 10.6. The molecule has 0 N–H and O–H groups in total. The Hall–Kier alpha value is -1.87. The van der Waals surface area contributed by atoms with E-state index in [9.17, 15) is 10.1 Å². The molecular weight excluding hydrogens is 226 g/mol. The van der Waals surface area contributed by atoms with E-state index in [1.54, 1.807) is 6.07 Å². The maximum atomic E-state index is 10.4. The lowest BCUT2D eigenvalue weighted by Gasteiger charge is -2.00. The second-order valence-corrected chi connectivity index (χ2v) is 3.68. The van der Waals surface area contributed by atoms with Crippen LogP contribution in [0.5, 0.6) is 0 Å². The standard InChI is InChI=1S/C12H8ClNO2/c13-12(14(15)16)8-10-6-3-5-9-4-1-2-7-11(9)10/h1-8H/b12-8+. The van der Waals surface area contributed by atoms with Crippen LogP contribution in [0, 0.1) is 10.1 Å². The molecule has 0 atom stereocenters. The second-order valence-electron chi connectivity index (χ2n) is 3.29. The van der Waals surface area contributed by atoms with Gasteiger partial charge < -0.3 is 0 Å². The number of nitro groups is 1. The highest BCUT2D eigenvalue weighted by molar-refractivity contribution is 6.30. The molecule has 0 saturated heterocycles. The third-order valence-corrected chi connectivity index (χ3v) is 2.52. The molecule has 3 nitrogen and oxygen atoms in total. The summed E-state index contributed by atoms with van der Waals surface area (Å²) in [5.41, 5.74) is 0.750. The van der Waals surface area contributed by atoms with Gasteiger partial charge in [-0.2, -0.15) is 0 Å². The van der Waals surface area contributed by atoms with Gasteiger partial charge in [-0.05, 0) is 27.9 Å². The molecule has 0 bridgehead atoms. The Morgan fingerprint density at radius 1 is 1.19 bits per heavy atom. The fourth-order valence-corrected chi connectivity index (χ4v) is 1.67. The molecule has 4 heteroatoms. The van der Waals surface area contributed by atoms with Crippen molar-refractivity contribution in [3.8, 4) is 0 Å². The summed E-state index contributed by atoms with van der Waals surface area (Å²) < 4.78 is 0. The molecule has 0 aromatic heterocycles. The molecule has 0 unspecified atom stereocenters. The number of nitrogens with zero attached hydrogens (tertiary/aromatic N) is 1. The van der Waals surface area contributed by atoms with Gasteiger partial charge in [0.2, 0.25) is 0 Å². The molecule has 0 heterocycles. The van der Waals surface area contributed by atoms with Crippen LogP contribution in [0.1, 0.15) is 5.56 Å². The van der Waals surface area contributed by atoms with E-state index < -0.39 is 4.92 Å². The van der Waals surface area contributed by atoms with Crippen molar-refractivity contribution in [1.29, 1.82) is 0 Å². The number of halogens is 1. The molecule has 0 fully saturated rings. The lowest BCUT2D eigenvalue weighted by atomic mass is 10.0. The van der Waals surface area contributed by atoms with Crippen molar-refractivity contribution in [1.82, 2.24) is 0 Å². The van der Waals surface area contributed by atoms with Crippen LogP contribution in [-0.4, -0.2) is 4.92 Å². The molecule has 0 aliphatic rings. The molecule has 16 heavy (non-hydrogen) atoms. The van der Waals surface area contributed by atoms with E-state index in [1.165, 1.54) is 6.08 Å². The molecule has 0 spiro atoms. The predicted molar refractivity (Wildman–Crippen MR) is 64.8 cm³/mol. The quantitative estimate of drug-likeness (QED) is 0.451. The summed E-state index contributed by atoms with van der Waals surface area (Å²) >= 11 is 5.51. The summed E-state index contributed by atoms with van der Waals surface area (Å²) in [6.45, 7) is 0. The first-order valence-corrected chi connectivity index (χ1v) is 5.05. The minimum Gasteiger partial charge on any atom is -0.257 e. The largest absolute Gasteiger partial charge is 0.337 e. The Morgan fingerprint density at radius 3 is 2.62 bits per heavy atom. The summed E-state index contributed by atoms with van der Waals surface area (Å²) in [7, 11) is 0. The Bertz CT molecular complexity index is 573. The molecular formula is C12H8ClNO2. The van der Waals surface area contributed by atoms with Crippen LogP contribution >= 0.6 is 11.6 Å². The zero-order chi connectivity index (χ0) is 11.5. The lowest BCUT2D eigenvalue weighted by molar-refractivity contribution is -0.410. The molecule has 0 aliphatic heterocycles. The summed E-state index contributed by atoms with van der Waals surface area (Å²) in [5, 5.41) is 12.0. The molecule has 2 rings (SSSR count). The second kappa shape index (κ2) is 4.33. The van der Waals surface area contributed by atoms with Crippen LogP contribution in [0.2, 0.25) is 0 Å². The van der Waals surface area contributed by atoms with Gasteiger partial charge >= 0.3 is 5.16 Å². The molecule has 2 aromatic carbocycles. The Morgan fingerprint density at radius 2 is 1.88 bits per heavy atom. The monoisotopic (exact) mass is 233 g/mol. The highest BCUT2D eigenvalue weighted by Gasteiger charge is 2.06. The van der Waals surface area contributed by atoms with Gasteiger partial charge in [-0.25, -0.2) is 0 Å². The Balaban J connectivity index is 2.61. The van der Waals surface area contributed by atoms with Gasteiger partial charge in [0.05, 0.1) is 4.92 Å². The summed E-state index contributed by atoms with van der Waals surface area (Å²) in [5.74, 6) is 0. The zero-order valence-electron chi connectivity index (χ0n) is 8.26. The SMILES string of the molecule is O=[N+]([O-])/C(Cl)=C/c1cccc2ccccc12. The van der Waals surface area contributed by atoms with Crippen molar-refractivity contribution >= 4 is 28.4 Å². The zero-order valence-corrected chi connectivity index (χ0v) is 9.02. The van der Waals surface area contributed by atoms with Gasteiger partial charge in [-0.1, -0.05) is 42.5 Å². The van der Waals surface area contributed by atoms with E-state index in [0.29, 0.717) is 0 Å². The van der Waals surface area contributed by atoms with Crippen LogP contribution in [0.3, 0.4) is 0 Å². The van der Waals surface area contributed by atoms with E-state index in [2.05, 4.69) is 0 Å². The van der Waals surface area contributed by atoms with E-state index >= 15 is 0 Å². The van der Waals surface area contributed by atoms with Crippen LogP contribution < -0.4 is 0 Å². The minimum absolute atomic E-state index is 0.378. The number of fused-ring (bicyclic) bond motifs is 1. The molecule has 0 aliphatic carbocycles. The molecule has 0 radical (unpaired) electrons. The van der Waals surface area contributed by atoms with E-state index in [4.69, 9.17) is 11.6 Å². The smallest absolute Gasteiger partial charge is 0.257 e. The average molecular weight is 234 g/mol. The minimum atomic E-state index is -0.608. The fraction of sp³-hybridized carbons (Fsp3) is 0. The highest BCUT2D eigenvalue weighted by atomic mass is 35.5. The van der Waals surface area contributed by atoms with Gasteiger partial charge in [0, 0.05) is 6.08 Å². The van der Waals surface area contributed by atoms with Crippen molar-refractivity contribution in [3.63, 3.8) is 0 Å². The van der Waals surface area contributed by atoms with Crippen molar-refractivity contribution in [2.24, 2.45) is 0 Å². The van der Waals surface area contributed by atoms with Crippen LogP contribution in [-0.2, 0) is 0 Å². The number of rotatable bonds is 2. The first-order chi connectivity index (χ1) is 7.68.